The van der Waals surface area contributed by atoms with Gasteiger partial charge in [0.25, 0.3) is 5.56 Å². The van der Waals surface area contributed by atoms with Crippen LogP contribution in [-0.4, -0.2) is 45.6 Å². The average Bonchev–Trinajstić information content (AvgIpc) is 3.07. The summed E-state index contributed by atoms with van der Waals surface area (Å²) in [6.45, 7) is 5.41. The molecule has 0 unspecified atom stereocenters. The first-order valence-electron chi connectivity index (χ1n) is 8.26. The summed E-state index contributed by atoms with van der Waals surface area (Å²) in [6, 6.07) is 5.69. The van der Waals surface area contributed by atoms with Crippen LogP contribution in [0, 0.1) is 0 Å². The minimum atomic E-state index is -0.532. The summed E-state index contributed by atoms with van der Waals surface area (Å²) in [7, 11) is 0. The predicted octanol–water partition coefficient (Wildman–Crippen LogP) is 1.26. The number of aliphatic hydroxyl groups excluding tert-OH is 1. The topological polar surface area (TPSA) is 67.6 Å². The maximum absolute atomic E-state index is 11.9. The van der Waals surface area contributed by atoms with Crippen LogP contribution in [0.15, 0.2) is 28.4 Å². The lowest BCUT2D eigenvalue weighted by atomic mass is 10.1. The monoisotopic (exact) mass is 349 g/mol. The molecule has 7 heteroatoms. The van der Waals surface area contributed by atoms with Gasteiger partial charge in [-0.2, -0.15) is 5.10 Å². The number of fused-ring (bicyclic) bond motifs is 1. The Morgan fingerprint density at radius 2 is 2.38 bits per heavy atom. The number of hydrogen-bond donors (Lipinski definition) is 1. The number of aromatic nitrogens is 2. The molecule has 2 aromatic heterocycles. The van der Waals surface area contributed by atoms with Crippen molar-refractivity contribution in [2.24, 2.45) is 0 Å². The Balaban J connectivity index is 1.50. The maximum atomic E-state index is 11.9. The number of aryl methyl sites for hydroxylation is 1. The summed E-state index contributed by atoms with van der Waals surface area (Å²) in [5.41, 5.74) is 1.91. The van der Waals surface area contributed by atoms with E-state index in [-0.39, 0.29) is 5.56 Å². The molecule has 2 aromatic rings. The highest BCUT2D eigenvalue weighted by atomic mass is 32.1. The molecule has 1 N–H and O–H groups in total. The van der Waals surface area contributed by atoms with Gasteiger partial charge >= 0.3 is 0 Å². The fourth-order valence-corrected chi connectivity index (χ4v) is 3.56. The van der Waals surface area contributed by atoms with Gasteiger partial charge in [-0.25, -0.2) is 4.68 Å². The summed E-state index contributed by atoms with van der Waals surface area (Å²) < 4.78 is 7.07. The zero-order valence-electron chi connectivity index (χ0n) is 13.9. The minimum Gasteiger partial charge on any atom is -0.389 e. The van der Waals surface area contributed by atoms with Crippen LogP contribution >= 0.6 is 11.3 Å². The number of rotatable bonds is 7. The summed E-state index contributed by atoms with van der Waals surface area (Å²) in [4.78, 5) is 15.2. The van der Waals surface area contributed by atoms with Gasteiger partial charge in [-0.15, -0.1) is 11.3 Å². The number of β-amino-alcohol motifs (C(OH)–C–C–N with tert-alkyl or cyclic N) is 1. The molecule has 6 nitrogen and oxygen atoms in total. The van der Waals surface area contributed by atoms with Gasteiger partial charge in [0.15, 0.2) is 0 Å². The predicted molar refractivity (Wildman–Crippen MR) is 93.1 cm³/mol. The van der Waals surface area contributed by atoms with E-state index in [2.05, 4.69) is 10.00 Å². The van der Waals surface area contributed by atoms with Gasteiger partial charge in [0.1, 0.15) is 0 Å². The van der Waals surface area contributed by atoms with Crippen molar-refractivity contribution in [3.8, 4) is 0 Å². The van der Waals surface area contributed by atoms with E-state index < -0.39 is 6.10 Å². The molecule has 1 atom stereocenters. The molecule has 0 spiro atoms. The first kappa shape index (κ1) is 17.3. The van der Waals surface area contributed by atoms with E-state index in [9.17, 15) is 9.90 Å². The molecule has 0 fully saturated rings. The third kappa shape index (κ3) is 4.30. The van der Waals surface area contributed by atoms with Gasteiger partial charge in [0.05, 0.1) is 25.0 Å². The van der Waals surface area contributed by atoms with E-state index in [0.717, 1.165) is 29.1 Å². The summed E-state index contributed by atoms with van der Waals surface area (Å²) in [6.07, 6.45) is 0.272. The van der Waals surface area contributed by atoms with Crippen molar-refractivity contribution in [2.75, 3.05) is 19.7 Å². The van der Waals surface area contributed by atoms with Gasteiger partial charge in [-0.05, 0) is 23.9 Å². The lowest BCUT2D eigenvalue weighted by molar-refractivity contribution is 0.00832. The Kier molecular flexibility index (Phi) is 5.78. The highest BCUT2D eigenvalue weighted by molar-refractivity contribution is 7.09. The zero-order chi connectivity index (χ0) is 16.9. The number of ether oxygens (including phenoxy) is 1. The highest BCUT2D eigenvalue weighted by Crippen LogP contribution is 2.15. The molecule has 0 aromatic carbocycles. The van der Waals surface area contributed by atoms with Crippen molar-refractivity contribution in [1.29, 1.82) is 0 Å². The number of thiophene rings is 1. The summed E-state index contributed by atoms with van der Waals surface area (Å²) in [5.74, 6) is 0. The van der Waals surface area contributed by atoms with Crippen molar-refractivity contribution < 1.29 is 9.84 Å². The zero-order valence-corrected chi connectivity index (χ0v) is 14.7. The summed E-state index contributed by atoms with van der Waals surface area (Å²) >= 11 is 1.65. The molecule has 0 aliphatic carbocycles. The van der Waals surface area contributed by atoms with Crippen LogP contribution < -0.4 is 5.56 Å². The van der Waals surface area contributed by atoms with Crippen molar-refractivity contribution in [2.45, 2.75) is 39.1 Å². The minimum absolute atomic E-state index is 0.0575. The quantitative estimate of drug-likeness (QED) is 0.815. The van der Waals surface area contributed by atoms with Crippen molar-refractivity contribution in [1.82, 2.24) is 14.7 Å². The highest BCUT2D eigenvalue weighted by Gasteiger charge is 2.21. The van der Waals surface area contributed by atoms with Gasteiger partial charge < -0.3 is 9.84 Å². The number of hydrogen-bond acceptors (Lipinski definition) is 6. The number of aliphatic hydroxyl groups is 1. The Morgan fingerprint density at radius 3 is 3.12 bits per heavy atom. The molecular formula is C17H23N3O3S. The molecule has 3 rings (SSSR count). The Hall–Kier alpha value is -1.54. The van der Waals surface area contributed by atoms with E-state index in [0.29, 0.717) is 32.8 Å². The van der Waals surface area contributed by atoms with E-state index >= 15 is 0 Å². The van der Waals surface area contributed by atoms with Crippen LogP contribution in [0.25, 0.3) is 0 Å². The second kappa shape index (κ2) is 8.02. The lowest BCUT2D eigenvalue weighted by Gasteiger charge is -2.29. The lowest BCUT2D eigenvalue weighted by Crippen LogP contribution is -2.40. The fraction of sp³-hybridized carbons (Fsp3) is 0.529. The molecule has 0 saturated heterocycles. The maximum Gasteiger partial charge on any atom is 0.267 e. The second-order valence-electron chi connectivity index (χ2n) is 6.00. The molecule has 3 heterocycles. The van der Waals surface area contributed by atoms with Crippen LogP contribution in [0.1, 0.15) is 23.1 Å². The molecule has 1 aliphatic heterocycles. The van der Waals surface area contributed by atoms with Crippen molar-refractivity contribution in [3.63, 3.8) is 0 Å². The average molecular weight is 349 g/mol. The molecular weight excluding hydrogens is 326 g/mol. The van der Waals surface area contributed by atoms with Crippen LogP contribution in [0.5, 0.6) is 0 Å². The van der Waals surface area contributed by atoms with Crippen molar-refractivity contribution >= 4 is 11.3 Å². The Morgan fingerprint density at radius 1 is 1.50 bits per heavy atom. The molecule has 0 bridgehead atoms. The number of nitrogens with zero attached hydrogens (tertiary/aromatic N) is 3. The van der Waals surface area contributed by atoms with Crippen LogP contribution in [0.2, 0.25) is 0 Å². The van der Waals surface area contributed by atoms with Crippen LogP contribution in [0.3, 0.4) is 0 Å². The fourth-order valence-electron chi connectivity index (χ4n) is 2.92. The van der Waals surface area contributed by atoms with Crippen LogP contribution in [-0.2, 0) is 30.9 Å². The van der Waals surface area contributed by atoms with Gasteiger partial charge in [-0.3, -0.25) is 9.69 Å². The molecule has 1 aliphatic rings. The first-order valence-corrected chi connectivity index (χ1v) is 9.14. The van der Waals surface area contributed by atoms with Gasteiger partial charge in [0, 0.05) is 43.5 Å². The normalized spacial score (nSPS) is 16.1. The first-order chi connectivity index (χ1) is 11.7. The van der Waals surface area contributed by atoms with E-state index in [1.54, 1.807) is 17.4 Å². The van der Waals surface area contributed by atoms with E-state index in [4.69, 9.17) is 4.74 Å². The third-order valence-corrected chi connectivity index (χ3v) is 4.98. The molecule has 24 heavy (non-hydrogen) atoms. The third-order valence-electron chi connectivity index (χ3n) is 4.13. The molecule has 0 saturated carbocycles. The van der Waals surface area contributed by atoms with Gasteiger partial charge in [-0.1, -0.05) is 6.07 Å². The van der Waals surface area contributed by atoms with Gasteiger partial charge in [0.2, 0.25) is 0 Å². The van der Waals surface area contributed by atoms with E-state index in [1.807, 2.05) is 24.4 Å². The molecule has 0 radical (unpaired) electrons. The SMILES string of the molecule is CCn1nc2c(cc1=O)CN(C[C@H](O)COCc1cccs1)CC2. The smallest absolute Gasteiger partial charge is 0.267 e. The molecule has 130 valence electrons. The second-order valence-corrected chi connectivity index (χ2v) is 7.04. The van der Waals surface area contributed by atoms with E-state index in [1.165, 1.54) is 4.68 Å². The van der Waals surface area contributed by atoms with Crippen LogP contribution in [0.4, 0.5) is 0 Å². The largest absolute Gasteiger partial charge is 0.389 e. The summed E-state index contributed by atoms with van der Waals surface area (Å²) in [5, 5.41) is 16.6. The Labute approximate surface area is 145 Å². The van der Waals surface area contributed by atoms with Crippen molar-refractivity contribution in [3.05, 3.63) is 50.1 Å². The standard InChI is InChI=1S/C17H23N3O3S/c1-2-20-17(22)8-13-9-19(6-5-16(13)18-20)10-14(21)11-23-12-15-4-3-7-24-15/h3-4,7-8,14,21H,2,5-6,9-12H2,1H3/t14-/m0/s1. The molecule has 0 amide bonds. The Bertz CT molecular complexity index is 714.